The molecule has 2 aromatic rings. The summed E-state index contributed by atoms with van der Waals surface area (Å²) in [5, 5.41) is 2.74. The Morgan fingerprint density at radius 3 is 2.54 bits per heavy atom. The second-order valence-corrected chi connectivity index (χ2v) is 8.64. The normalized spacial score (nSPS) is 18.6. The average Bonchev–Trinajstić information content (AvgIpc) is 3.49. The number of hydrogen-bond acceptors (Lipinski definition) is 5. The van der Waals surface area contributed by atoms with Crippen molar-refractivity contribution in [3.05, 3.63) is 59.2 Å². The number of benzene rings is 2. The van der Waals surface area contributed by atoms with E-state index in [0.29, 0.717) is 12.5 Å². The van der Waals surface area contributed by atoms with Crippen molar-refractivity contribution in [3.8, 4) is 0 Å². The van der Waals surface area contributed by atoms with Crippen molar-refractivity contribution in [2.24, 2.45) is 11.7 Å². The molecule has 1 unspecified atom stereocenters. The lowest BCUT2D eigenvalue weighted by Gasteiger charge is -2.19. The van der Waals surface area contributed by atoms with Crippen molar-refractivity contribution in [2.45, 2.75) is 28.7 Å². The van der Waals surface area contributed by atoms with Crippen LogP contribution >= 0.6 is 0 Å². The molecule has 1 saturated carbocycles. The number of amides is 1. The zero-order valence-corrected chi connectivity index (χ0v) is 14.8. The molecule has 4 rings (SSSR count). The summed E-state index contributed by atoms with van der Waals surface area (Å²) in [5.74, 6) is -0.299. The fourth-order valence-corrected chi connectivity index (χ4v) is 4.91. The third-order valence-electron chi connectivity index (χ3n) is 4.92. The summed E-state index contributed by atoms with van der Waals surface area (Å²) in [4.78, 5) is 24.8. The highest BCUT2D eigenvalue weighted by molar-refractivity contribution is 7.91. The van der Waals surface area contributed by atoms with Crippen LogP contribution in [0.15, 0.2) is 52.3 Å². The van der Waals surface area contributed by atoms with E-state index in [4.69, 9.17) is 5.73 Å². The van der Waals surface area contributed by atoms with Gasteiger partial charge in [-0.2, -0.15) is 0 Å². The van der Waals surface area contributed by atoms with Gasteiger partial charge >= 0.3 is 0 Å². The SMILES string of the molecule is NC(CNC(=O)c1ccc2c(c1)S(=O)(=O)c1ccccc1C2=O)C1CC1. The van der Waals surface area contributed by atoms with E-state index in [1.54, 1.807) is 12.1 Å². The molecule has 7 heteroatoms. The molecule has 26 heavy (non-hydrogen) atoms. The highest BCUT2D eigenvalue weighted by Gasteiger charge is 2.35. The minimum atomic E-state index is -3.85. The monoisotopic (exact) mass is 370 g/mol. The van der Waals surface area contributed by atoms with Gasteiger partial charge in [-0.25, -0.2) is 8.42 Å². The zero-order valence-electron chi connectivity index (χ0n) is 13.9. The van der Waals surface area contributed by atoms with Crippen LogP contribution in [-0.2, 0) is 9.84 Å². The lowest BCUT2D eigenvalue weighted by molar-refractivity contribution is 0.0948. The summed E-state index contributed by atoms with van der Waals surface area (Å²) in [6.07, 6.45) is 2.16. The maximum atomic E-state index is 12.9. The minimum Gasteiger partial charge on any atom is -0.350 e. The molecule has 134 valence electrons. The Kier molecular flexibility index (Phi) is 3.93. The number of fused-ring (bicyclic) bond motifs is 2. The number of hydrogen-bond donors (Lipinski definition) is 2. The molecule has 1 aliphatic carbocycles. The molecule has 2 aromatic carbocycles. The lowest BCUT2D eigenvalue weighted by Crippen LogP contribution is -2.38. The van der Waals surface area contributed by atoms with Crippen LogP contribution in [0.3, 0.4) is 0 Å². The molecule has 0 aromatic heterocycles. The number of nitrogens with two attached hydrogens (primary N) is 1. The number of nitrogens with one attached hydrogen (secondary N) is 1. The summed E-state index contributed by atoms with van der Waals surface area (Å²) < 4.78 is 25.8. The van der Waals surface area contributed by atoms with Crippen molar-refractivity contribution >= 4 is 21.5 Å². The molecule has 1 heterocycles. The summed E-state index contributed by atoms with van der Waals surface area (Å²) in [6.45, 7) is 0.342. The molecular weight excluding hydrogens is 352 g/mol. The quantitative estimate of drug-likeness (QED) is 0.724. The van der Waals surface area contributed by atoms with E-state index in [2.05, 4.69) is 5.32 Å². The number of carbonyl (C=O) groups excluding carboxylic acids is 2. The first kappa shape index (κ1) is 16.9. The van der Waals surface area contributed by atoms with Gasteiger partial charge in [0.05, 0.1) is 9.79 Å². The lowest BCUT2D eigenvalue weighted by atomic mass is 10.0. The van der Waals surface area contributed by atoms with Crippen molar-refractivity contribution in [1.29, 1.82) is 0 Å². The summed E-state index contributed by atoms with van der Waals surface area (Å²) in [5.41, 5.74) is 6.42. The summed E-state index contributed by atoms with van der Waals surface area (Å²) in [7, 11) is -3.85. The van der Waals surface area contributed by atoms with E-state index in [0.717, 1.165) is 12.8 Å². The number of ketones is 1. The second kappa shape index (κ2) is 6.03. The van der Waals surface area contributed by atoms with Gasteiger partial charge in [0.25, 0.3) is 5.91 Å². The van der Waals surface area contributed by atoms with E-state index in [1.165, 1.54) is 30.3 Å². The molecular formula is C19H18N2O4S. The van der Waals surface area contributed by atoms with Crippen LogP contribution in [-0.4, -0.2) is 32.7 Å². The zero-order chi connectivity index (χ0) is 18.5. The number of rotatable bonds is 4. The molecule has 1 amide bonds. The van der Waals surface area contributed by atoms with Gasteiger partial charge < -0.3 is 11.1 Å². The van der Waals surface area contributed by atoms with Gasteiger partial charge in [-0.05, 0) is 49.1 Å². The Hall–Kier alpha value is -2.51. The number of sulfone groups is 1. The van der Waals surface area contributed by atoms with Gasteiger partial charge in [-0.15, -0.1) is 0 Å². The van der Waals surface area contributed by atoms with E-state index in [-0.39, 0.29) is 38.3 Å². The third-order valence-corrected chi connectivity index (χ3v) is 6.78. The van der Waals surface area contributed by atoms with E-state index < -0.39 is 15.7 Å². The first-order valence-electron chi connectivity index (χ1n) is 8.46. The Morgan fingerprint density at radius 2 is 1.81 bits per heavy atom. The van der Waals surface area contributed by atoms with Crippen LogP contribution in [0.1, 0.15) is 39.1 Å². The van der Waals surface area contributed by atoms with Gasteiger partial charge in [0.2, 0.25) is 9.84 Å². The van der Waals surface area contributed by atoms with Crippen LogP contribution < -0.4 is 11.1 Å². The van der Waals surface area contributed by atoms with Gasteiger partial charge in [-0.1, -0.05) is 12.1 Å². The van der Waals surface area contributed by atoms with Gasteiger partial charge in [0.15, 0.2) is 5.78 Å². The largest absolute Gasteiger partial charge is 0.350 e. The van der Waals surface area contributed by atoms with E-state index in [1.807, 2.05) is 0 Å². The molecule has 2 aliphatic rings. The van der Waals surface area contributed by atoms with Crippen molar-refractivity contribution < 1.29 is 18.0 Å². The first-order chi connectivity index (χ1) is 12.4. The predicted molar refractivity (Wildman–Crippen MR) is 94.8 cm³/mol. The van der Waals surface area contributed by atoms with Crippen LogP contribution in [0, 0.1) is 5.92 Å². The van der Waals surface area contributed by atoms with Crippen molar-refractivity contribution in [1.82, 2.24) is 5.32 Å². The van der Waals surface area contributed by atoms with E-state index in [9.17, 15) is 18.0 Å². The highest BCUT2D eigenvalue weighted by atomic mass is 32.2. The molecule has 6 nitrogen and oxygen atoms in total. The third kappa shape index (κ3) is 2.73. The first-order valence-corrected chi connectivity index (χ1v) is 9.94. The van der Waals surface area contributed by atoms with Crippen LogP contribution in [0.2, 0.25) is 0 Å². The Balaban J connectivity index is 1.67. The molecule has 1 atom stereocenters. The molecule has 0 spiro atoms. The molecule has 0 bridgehead atoms. The second-order valence-electron chi connectivity index (χ2n) is 6.75. The molecule has 1 aliphatic heterocycles. The van der Waals surface area contributed by atoms with Crippen molar-refractivity contribution in [2.75, 3.05) is 6.54 Å². The average molecular weight is 370 g/mol. The minimum absolute atomic E-state index is 0.0224. The van der Waals surface area contributed by atoms with Gasteiger partial charge in [0.1, 0.15) is 0 Å². The molecule has 1 fully saturated rings. The van der Waals surface area contributed by atoms with Crippen LogP contribution in [0.4, 0.5) is 0 Å². The fourth-order valence-electron chi connectivity index (χ4n) is 3.23. The van der Waals surface area contributed by atoms with Gasteiger partial charge in [-0.3, -0.25) is 9.59 Å². The number of carbonyl (C=O) groups is 2. The fraction of sp³-hybridized carbons (Fsp3) is 0.263. The maximum Gasteiger partial charge on any atom is 0.251 e. The molecule has 0 saturated heterocycles. The smallest absolute Gasteiger partial charge is 0.251 e. The van der Waals surface area contributed by atoms with E-state index >= 15 is 0 Å². The van der Waals surface area contributed by atoms with Crippen LogP contribution in [0.5, 0.6) is 0 Å². The Bertz CT molecular complexity index is 1030. The van der Waals surface area contributed by atoms with Gasteiger partial charge in [0, 0.05) is 29.3 Å². The maximum absolute atomic E-state index is 12.9. The Labute approximate surface area is 151 Å². The summed E-state index contributed by atoms with van der Waals surface area (Å²) >= 11 is 0. The molecule has 3 N–H and O–H groups in total. The summed E-state index contributed by atoms with van der Waals surface area (Å²) in [6, 6.07) is 10.2. The topological polar surface area (TPSA) is 106 Å². The Morgan fingerprint density at radius 1 is 1.12 bits per heavy atom. The molecule has 0 radical (unpaired) electrons. The van der Waals surface area contributed by atoms with Crippen LogP contribution in [0.25, 0.3) is 0 Å². The van der Waals surface area contributed by atoms with Crippen molar-refractivity contribution in [3.63, 3.8) is 0 Å². The highest BCUT2D eigenvalue weighted by Crippen LogP contribution is 2.35. The predicted octanol–water partition coefficient (Wildman–Crippen LogP) is 1.53. The standard InChI is InChI=1S/C19H18N2O4S/c20-15(11-5-6-11)10-21-19(23)12-7-8-14-17(9-12)26(24,25)16-4-2-1-3-13(16)18(14)22/h1-4,7-9,11,15H,5-6,10,20H2,(H,21,23).